The van der Waals surface area contributed by atoms with E-state index in [1.165, 1.54) is 19.2 Å². The van der Waals surface area contributed by atoms with Gasteiger partial charge in [0, 0.05) is 20.2 Å². The Morgan fingerprint density at radius 3 is 2.94 bits per heavy atom. The summed E-state index contributed by atoms with van der Waals surface area (Å²) in [5.41, 5.74) is 0.559. The van der Waals surface area contributed by atoms with Gasteiger partial charge in [0.1, 0.15) is 17.3 Å². The first-order valence-corrected chi connectivity index (χ1v) is 6.49. The van der Waals surface area contributed by atoms with E-state index in [9.17, 15) is 5.11 Å². The molecule has 1 aromatic heterocycles. The maximum absolute atomic E-state index is 9.28. The number of hydrogen-bond acceptors (Lipinski definition) is 5. The lowest BCUT2D eigenvalue weighted by Gasteiger charge is -2.20. The van der Waals surface area contributed by atoms with E-state index in [1.54, 1.807) is 0 Å². The van der Waals surface area contributed by atoms with Crippen molar-refractivity contribution in [1.29, 1.82) is 0 Å². The highest BCUT2D eigenvalue weighted by Gasteiger charge is 2.21. The number of hydrogen-bond donors (Lipinski definition) is 1. The lowest BCUT2D eigenvalue weighted by Crippen LogP contribution is -2.25. The van der Waals surface area contributed by atoms with Crippen molar-refractivity contribution in [3.8, 4) is 0 Å². The Labute approximate surface area is 112 Å². The molecule has 0 saturated heterocycles. The standard InChI is InChI=1S/C12H18ClN3O2/c1-16(4-5-18-7-9-2-3-9)12-10(6-17)11(13)14-8-15-12/h8-9,17H,2-7H2,1H3. The molecule has 18 heavy (non-hydrogen) atoms. The fourth-order valence-electron chi connectivity index (χ4n) is 1.69. The van der Waals surface area contributed by atoms with Crippen molar-refractivity contribution in [3.63, 3.8) is 0 Å². The van der Waals surface area contributed by atoms with Gasteiger partial charge in [-0.15, -0.1) is 0 Å². The van der Waals surface area contributed by atoms with Crippen LogP contribution in [0.4, 0.5) is 5.82 Å². The maximum atomic E-state index is 9.28. The second-order valence-corrected chi connectivity index (χ2v) is 4.92. The van der Waals surface area contributed by atoms with Crippen molar-refractivity contribution >= 4 is 17.4 Å². The fraction of sp³-hybridized carbons (Fsp3) is 0.667. The van der Waals surface area contributed by atoms with E-state index in [1.807, 2.05) is 11.9 Å². The molecule has 1 heterocycles. The third kappa shape index (κ3) is 3.54. The SMILES string of the molecule is CN(CCOCC1CC1)c1ncnc(Cl)c1CO. The maximum Gasteiger partial charge on any atom is 0.140 e. The third-order valence-corrected chi connectivity index (χ3v) is 3.34. The minimum atomic E-state index is -0.164. The summed E-state index contributed by atoms with van der Waals surface area (Å²) < 4.78 is 5.57. The van der Waals surface area contributed by atoms with E-state index in [-0.39, 0.29) is 6.61 Å². The topological polar surface area (TPSA) is 58.5 Å². The number of halogens is 1. The molecular weight excluding hydrogens is 254 g/mol. The van der Waals surface area contributed by atoms with Gasteiger partial charge in [-0.1, -0.05) is 11.6 Å². The Morgan fingerprint density at radius 1 is 1.50 bits per heavy atom. The normalized spacial score (nSPS) is 14.8. The van der Waals surface area contributed by atoms with Gasteiger partial charge >= 0.3 is 0 Å². The molecule has 0 unspecified atom stereocenters. The summed E-state index contributed by atoms with van der Waals surface area (Å²) in [4.78, 5) is 9.93. The van der Waals surface area contributed by atoms with Gasteiger partial charge in [-0.2, -0.15) is 0 Å². The number of aliphatic hydroxyl groups excluding tert-OH is 1. The molecule has 1 aromatic rings. The number of likely N-dealkylation sites (N-methyl/N-ethyl adjacent to an activating group) is 1. The van der Waals surface area contributed by atoms with Crippen molar-refractivity contribution in [1.82, 2.24) is 9.97 Å². The Morgan fingerprint density at radius 2 is 2.28 bits per heavy atom. The Bertz CT molecular complexity index is 399. The molecule has 2 rings (SSSR count). The van der Waals surface area contributed by atoms with Crippen LogP contribution < -0.4 is 4.90 Å². The first-order valence-electron chi connectivity index (χ1n) is 6.11. The quantitative estimate of drug-likeness (QED) is 0.601. The molecule has 0 bridgehead atoms. The highest BCUT2D eigenvalue weighted by atomic mass is 35.5. The van der Waals surface area contributed by atoms with Crippen molar-refractivity contribution in [2.45, 2.75) is 19.4 Å². The molecule has 0 atom stereocenters. The van der Waals surface area contributed by atoms with Gasteiger partial charge in [0.05, 0.1) is 18.8 Å². The first-order chi connectivity index (χ1) is 8.72. The number of aromatic nitrogens is 2. The Hall–Kier alpha value is -0.910. The van der Waals surface area contributed by atoms with Crippen molar-refractivity contribution in [3.05, 3.63) is 17.0 Å². The minimum absolute atomic E-state index is 0.164. The van der Waals surface area contributed by atoms with Crippen molar-refractivity contribution in [2.75, 3.05) is 31.7 Å². The van der Waals surface area contributed by atoms with Gasteiger partial charge < -0.3 is 14.7 Å². The molecule has 1 saturated carbocycles. The zero-order valence-electron chi connectivity index (χ0n) is 10.5. The molecular formula is C12H18ClN3O2. The molecule has 0 aromatic carbocycles. The van der Waals surface area contributed by atoms with Crippen molar-refractivity contribution in [2.24, 2.45) is 5.92 Å². The van der Waals surface area contributed by atoms with Gasteiger partial charge in [0.25, 0.3) is 0 Å². The molecule has 0 amide bonds. The van der Waals surface area contributed by atoms with Crippen LogP contribution in [0, 0.1) is 5.92 Å². The van der Waals surface area contributed by atoms with E-state index in [4.69, 9.17) is 16.3 Å². The average Bonchev–Trinajstić information content (AvgIpc) is 3.18. The van der Waals surface area contributed by atoms with E-state index in [0.717, 1.165) is 12.5 Å². The summed E-state index contributed by atoms with van der Waals surface area (Å²) in [6, 6.07) is 0. The lowest BCUT2D eigenvalue weighted by molar-refractivity contribution is 0.130. The lowest BCUT2D eigenvalue weighted by atomic mass is 10.3. The van der Waals surface area contributed by atoms with E-state index in [2.05, 4.69) is 9.97 Å². The molecule has 1 aliphatic carbocycles. The monoisotopic (exact) mass is 271 g/mol. The third-order valence-electron chi connectivity index (χ3n) is 3.01. The van der Waals surface area contributed by atoms with E-state index in [0.29, 0.717) is 29.7 Å². The number of anilines is 1. The van der Waals surface area contributed by atoms with Gasteiger partial charge in [0.15, 0.2) is 0 Å². The van der Waals surface area contributed by atoms with Gasteiger partial charge in [-0.3, -0.25) is 0 Å². The summed E-state index contributed by atoms with van der Waals surface area (Å²) in [6.45, 7) is 2.06. The molecule has 0 aliphatic heterocycles. The van der Waals surface area contributed by atoms with Crippen LogP contribution in [-0.4, -0.2) is 41.9 Å². The summed E-state index contributed by atoms with van der Waals surface area (Å²) in [6.07, 6.45) is 4.00. The molecule has 6 heteroatoms. The number of rotatable bonds is 7. The smallest absolute Gasteiger partial charge is 0.140 e. The van der Waals surface area contributed by atoms with Crippen molar-refractivity contribution < 1.29 is 9.84 Å². The van der Waals surface area contributed by atoms with Gasteiger partial charge in [-0.05, 0) is 18.8 Å². The second-order valence-electron chi connectivity index (χ2n) is 4.56. The molecule has 1 fully saturated rings. The zero-order valence-corrected chi connectivity index (χ0v) is 11.2. The van der Waals surface area contributed by atoms with Crippen LogP contribution >= 0.6 is 11.6 Å². The summed E-state index contributed by atoms with van der Waals surface area (Å²) in [5.74, 6) is 1.43. The van der Waals surface area contributed by atoms with Crippen LogP contribution in [0.1, 0.15) is 18.4 Å². The molecule has 1 aliphatic rings. The number of aliphatic hydroxyl groups is 1. The summed E-state index contributed by atoms with van der Waals surface area (Å²) in [7, 11) is 1.90. The minimum Gasteiger partial charge on any atom is -0.391 e. The second kappa shape index (κ2) is 6.31. The fourth-order valence-corrected chi connectivity index (χ4v) is 1.88. The Kier molecular flexibility index (Phi) is 4.74. The van der Waals surface area contributed by atoms with Gasteiger partial charge in [-0.25, -0.2) is 9.97 Å². The highest BCUT2D eigenvalue weighted by molar-refractivity contribution is 6.30. The van der Waals surface area contributed by atoms with Crippen LogP contribution in [0.15, 0.2) is 6.33 Å². The molecule has 0 spiro atoms. The predicted octanol–water partition coefficient (Wildman–Crippen LogP) is 1.49. The molecule has 5 nitrogen and oxygen atoms in total. The largest absolute Gasteiger partial charge is 0.391 e. The van der Waals surface area contributed by atoms with Crippen LogP contribution in [0.2, 0.25) is 5.15 Å². The van der Waals surface area contributed by atoms with Crippen LogP contribution in [0.3, 0.4) is 0 Å². The zero-order chi connectivity index (χ0) is 13.0. The van der Waals surface area contributed by atoms with Crippen LogP contribution in [0.5, 0.6) is 0 Å². The molecule has 100 valence electrons. The summed E-state index contributed by atoms with van der Waals surface area (Å²) >= 11 is 5.92. The van der Waals surface area contributed by atoms with E-state index >= 15 is 0 Å². The predicted molar refractivity (Wildman–Crippen MR) is 69.8 cm³/mol. The average molecular weight is 272 g/mol. The first kappa shape index (κ1) is 13.5. The highest BCUT2D eigenvalue weighted by Crippen LogP contribution is 2.28. The van der Waals surface area contributed by atoms with Crippen LogP contribution in [-0.2, 0) is 11.3 Å². The van der Waals surface area contributed by atoms with Crippen LogP contribution in [0.25, 0.3) is 0 Å². The molecule has 1 N–H and O–H groups in total. The summed E-state index contributed by atoms with van der Waals surface area (Å²) in [5, 5.41) is 9.58. The number of nitrogens with zero attached hydrogens (tertiary/aromatic N) is 3. The Balaban J connectivity index is 1.86. The van der Waals surface area contributed by atoms with E-state index < -0.39 is 0 Å². The number of ether oxygens (including phenoxy) is 1. The molecule has 0 radical (unpaired) electrons. The van der Waals surface area contributed by atoms with Gasteiger partial charge in [0.2, 0.25) is 0 Å².